The Labute approximate surface area is 160 Å². The summed E-state index contributed by atoms with van der Waals surface area (Å²) in [5, 5.41) is 4.95. The molecule has 1 amide bonds. The maximum Gasteiger partial charge on any atom is 0.225 e. The van der Waals surface area contributed by atoms with E-state index in [1.165, 1.54) is 11.3 Å². The average Bonchev–Trinajstić information content (AvgIpc) is 3.26. The van der Waals surface area contributed by atoms with Crippen molar-refractivity contribution >= 4 is 27.3 Å². The van der Waals surface area contributed by atoms with Gasteiger partial charge in [0, 0.05) is 24.5 Å². The highest BCUT2D eigenvalue weighted by Crippen LogP contribution is 2.49. The number of amides is 1. The lowest BCUT2D eigenvalue weighted by Crippen LogP contribution is -2.43. The summed E-state index contributed by atoms with van der Waals surface area (Å²) in [6, 6.07) is 4.11. The molecule has 2 heterocycles. The third kappa shape index (κ3) is 3.58. The van der Waals surface area contributed by atoms with Gasteiger partial charge < -0.3 is 5.32 Å². The molecule has 1 N–H and O–H groups in total. The Bertz CT molecular complexity index is 735. The van der Waals surface area contributed by atoms with Crippen molar-refractivity contribution in [3.8, 4) is 0 Å². The van der Waals surface area contributed by atoms with Gasteiger partial charge in [-0.1, -0.05) is 25.3 Å². The van der Waals surface area contributed by atoms with E-state index in [-0.39, 0.29) is 22.5 Å². The van der Waals surface area contributed by atoms with Gasteiger partial charge in [0.1, 0.15) is 0 Å². The largest absolute Gasteiger partial charge is 0.355 e. The van der Waals surface area contributed by atoms with Gasteiger partial charge in [0.05, 0.1) is 11.2 Å². The maximum atomic E-state index is 13.0. The molecule has 1 aromatic heterocycles. The molecular weight excluding hydrogens is 368 g/mol. The third-order valence-corrected chi connectivity index (χ3v) is 9.59. The van der Waals surface area contributed by atoms with Gasteiger partial charge >= 0.3 is 0 Å². The molecule has 144 valence electrons. The third-order valence-electron chi connectivity index (χ3n) is 6.34. The Morgan fingerprint density at radius 3 is 2.69 bits per heavy atom. The highest BCUT2D eigenvalue weighted by Gasteiger charge is 2.54. The lowest BCUT2D eigenvalue weighted by atomic mass is 9.67. The van der Waals surface area contributed by atoms with E-state index >= 15 is 0 Å². The molecule has 0 bridgehead atoms. The predicted octanol–water partition coefficient (Wildman–Crippen LogP) is 2.78. The van der Waals surface area contributed by atoms with Gasteiger partial charge in [-0.15, -0.1) is 11.3 Å². The summed E-state index contributed by atoms with van der Waals surface area (Å²) in [4.78, 5) is 14.2. The number of sulfonamides is 1. The molecule has 7 heteroatoms. The lowest BCUT2D eigenvalue weighted by molar-refractivity contribution is -0.128. The first-order valence-electron chi connectivity index (χ1n) is 9.80. The summed E-state index contributed by atoms with van der Waals surface area (Å²) in [6.07, 6.45) is 7.77. The number of rotatable bonds is 6. The number of hydrogen-bond acceptors (Lipinski definition) is 4. The molecule has 0 radical (unpaired) electrons. The summed E-state index contributed by atoms with van der Waals surface area (Å²) < 4.78 is 27.2. The van der Waals surface area contributed by atoms with E-state index in [2.05, 4.69) is 11.4 Å². The molecule has 4 rings (SSSR count). The van der Waals surface area contributed by atoms with Gasteiger partial charge in [-0.2, -0.15) is 0 Å². The first-order chi connectivity index (χ1) is 12.5. The van der Waals surface area contributed by atoms with Crippen LogP contribution in [0.4, 0.5) is 0 Å². The van der Waals surface area contributed by atoms with Crippen molar-refractivity contribution in [3.05, 3.63) is 22.4 Å². The van der Waals surface area contributed by atoms with Crippen LogP contribution in [0.25, 0.3) is 0 Å². The van der Waals surface area contributed by atoms with Crippen LogP contribution in [0, 0.1) is 11.3 Å². The second-order valence-electron chi connectivity index (χ2n) is 8.13. The van der Waals surface area contributed by atoms with E-state index in [1.807, 2.05) is 11.4 Å². The fraction of sp³-hybridized carbons (Fsp3) is 0.737. The molecule has 0 unspecified atom stereocenters. The van der Waals surface area contributed by atoms with E-state index < -0.39 is 10.0 Å². The van der Waals surface area contributed by atoms with Crippen molar-refractivity contribution in [2.45, 2.75) is 56.6 Å². The molecule has 1 atom stereocenters. The van der Waals surface area contributed by atoms with Crippen LogP contribution in [0.2, 0.25) is 0 Å². The van der Waals surface area contributed by atoms with E-state index in [4.69, 9.17) is 0 Å². The van der Waals surface area contributed by atoms with Crippen LogP contribution in [0.1, 0.15) is 49.8 Å². The molecule has 1 aromatic rings. The number of hydrogen-bond donors (Lipinski definition) is 1. The first-order valence-corrected chi connectivity index (χ1v) is 12.2. The Morgan fingerprint density at radius 1 is 1.27 bits per heavy atom. The van der Waals surface area contributed by atoms with Gasteiger partial charge in [-0.3, -0.25) is 4.79 Å². The fourth-order valence-corrected chi connectivity index (χ4v) is 7.36. The van der Waals surface area contributed by atoms with Crippen LogP contribution in [0.15, 0.2) is 17.5 Å². The zero-order valence-electron chi connectivity index (χ0n) is 15.2. The van der Waals surface area contributed by atoms with Crippen molar-refractivity contribution in [2.75, 3.05) is 19.6 Å². The Hall–Kier alpha value is -0.920. The Morgan fingerprint density at radius 2 is 2.04 bits per heavy atom. The summed E-state index contributed by atoms with van der Waals surface area (Å²) in [6.45, 7) is 1.56. The zero-order chi connectivity index (χ0) is 18.2. The number of nitrogens with zero attached hydrogens (tertiary/aromatic N) is 1. The van der Waals surface area contributed by atoms with E-state index in [0.717, 1.165) is 44.9 Å². The molecule has 26 heavy (non-hydrogen) atoms. The number of carbonyl (C=O) groups excluding carboxylic acids is 1. The number of carbonyl (C=O) groups is 1. The minimum absolute atomic E-state index is 0.0527. The highest BCUT2D eigenvalue weighted by molar-refractivity contribution is 7.90. The molecule has 0 aromatic carbocycles. The first kappa shape index (κ1) is 18.4. The molecular formula is C19H28N2O3S2. The van der Waals surface area contributed by atoms with Gasteiger partial charge in [-0.05, 0) is 49.0 Å². The summed E-state index contributed by atoms with van der Waals surface area (Å²) >= 11 is 1.70. The summed E-state index contributed by atoms with van der Waals surface area (Å²) in [5.41, 5.74) is -0.146. The molecule has 3 fully saturated rings. The maximum absolute atomic E-state index is 13.0. The SMILES string of the molecule is O=C(NCCc1cccs1)[C@H]1CN(S(=O)(=O)C2CC2)CC12CCCCC2. The molecule has 2 saturated carbocycles. The fourth-order valence-electron chi connectivity index (χ4n) is 4.70. The summed E-state index contributed by atoms with van der Waals surface area (Å²) in [7, 11) is -3.21. The van der Waals surface area contributed by atoms with Gasteiger partial charge in [-0.25, -0.2) is 12.7 Å². The molecule has 2 aliphatic carbocycles. The van der Waals surface area contributed by atoms with E-state index in [9.17, 15) is 13.2 Å². The van der Waals surface area contributed by atoms with Crippen molar-refractivity contribution in [1.82, 2.24) is 9.62 Å². The normalized spacial score (nSPS) is 26.2. The van der Waals surface area contributed by atoms with Crippen LogP contribution in [-0.4, -0.2) is 43.5 Å². The standard InChI is InChI=1S/C19H28N2O3S2/c22-18(20-11-8-15-5-4-12-25-15)17-13-21(26(23,24)16-6-7-16)14-19(17)9-2-1-3-10-19/h4-5,12,16-17H,1-3,6-11,13-14H2,(H,20,22)/t17-/m1/s1. The Balaban J connectivity index is 1.45. The second-order valence-corrected chi connectivity index (χ2v) is 11.4. The van der Waals surface area contributed by atoms with E-state index in [1.54, 1.807) is 15.6 Å². The molecule has 1 spiro atoms. The lowest BCUT2D eigenvalue weighted by Gasteiger charge is -2.37. The molecule has 5 nitrogen and oxygen atoms in total. The van der Waals surface area contributed by atoms with Crippen LogP contribution in [-0.2, 0) is 21.2 Å². The number of thiophene rings is 1. The van der Waals surface area contributed by atoms with Crippen molar-refractivity contribution in [3.63, 3.8) is 0 Å². The number of nitrogens with one attached hydrogen (secondary N) is 1. The minimum Gasteiger partial charge on any atom is -0.355 e. The molecule has 3 aliphatic rings. The molecule has 1 aliphatic heterocycles. The quantitative estimate of drug-likeness (QED) is 0.804. The highest BCUT2D eigenvalue weighted by atomic mass is 32.2. The van der Waals surface area contributed by atoms with Crippen molar-refractivity contribution in [1.29, 1.82) is 0 Å². The van der Waals surface area contributed by atoms with Crippen LogP contribution in [0.5, 0.6) is 0 Å². The van der Waals surface area contributed by atoms with Gasteiger partial charge in [0.2, 0.25) is 15.9 Å². The Kier molecular flexibility index (Phi) is 5.14. The minimum atomic E-state index is -3.21. The van der Waals surface area contributed by atoms with Crippen LogP contribution in [0.3, 0.4) is 0 Å². The summed E-state index contributed by atoms with van der Waals surface area (Å²) in [5.74, 6) is -0.142. The smallest absolute Gasteiger partial charge is 0.225 e. The van der Waals surface area contributed by atoms with Crippen LogP contribution < -0.4 is 5.32 Å². The predicted molar refractivity (Wildman–Crippen MR) is 104 cm³/mol. The van der Waals surface area contributed by atoms with Crippen molar-refractivity contribution in [2.24, 2.45) is 11.3 Å². The van der Waals surface area contributed by atoms with Gasteiger partial charge in [0.25, 0.3) is 0 Å². The molecule has 1 saturated heterocycles. The second kappa shape index (κ2) is 7.24. The average molecular weight is 397 g/mol. The van der Waals surface area contributed by atoms with Crippen LogP contribution >= 0.6 is 11.3 Å². The monoisotopic (exact) mass is 396 g/mol. The van der Waals surface area contributed by atoms with Crippen molar-refractivity contribution < 1.29 is 13.2 Å². The zero-order valence-corrected chi connectivity index (χ0v) is 16.8. The van der Waals surface area contributed by atoms with Gasteiger partial charge in [0.15, 0.2) is 0 Å². The van der Waals surface area contributed by atoms with E-state index in [0.29, 0.717) is 19.6 Å². The topological polar surface area (TPSA) is 66.5 Å².